The summed E-state index contributed by atoms with van der Waals surface area (Å²) in [4.78, 5) is 0. The van der Waals surface area contributed by atoms with E-state index in [1.54, 1.807) is 0 Å². The standard InChI is InChI=1S/C12H30OSSi2/c1-8-9-16(14,13-11(4)5)15-12(6,7)10(2)3/h10-11,14H,8-9,15H2,1-7H3. The summed E-state index contributed by atoms with van der Waals surface area (Å²) in [5, 5.41) is 0.470. The molecule has 0 aliphatic heterocycles. The highest BCUT2D eigenvalue weighted by atomic mass is 32.3. The van der Waals surface area contributed by atoms with E-state index in [1.165, 1.54) is 12.5 Å². The Hall–Kier alpha value is 0.744. The van der Waals surface area contributed by atoms with Gasteiger partial charge in [-0.1, -0.05) is 41.0 Å². The second-order valence-electron chi connectivity index (χ2n) is 6.18. The fourth-order valence-electron chi connectivity index (χ4n) is 1.93. The average Bonchev–Trinajstić information content (AvgIpc) is 1.99. The summed E-state index contributed by atoms with van der Waals surface area (Å²) < 4.78 is 6.23. The van der Waals surface area contributed by atoms with Crippen molar-refractivity contribution in [1.29, 1.82) is 0 Å². The molecule has 0 aliphatic rings. The Morgan fingerprint density at radius 2 is 1.75 bits per heavy atom. The van der Waals surface area contributed by atoms with E-state index < -0.39 is 6.98 Å². The lowest BCUT2D eigenvalue weighted by molar-refractivity contribution is 0.245. The topological polar surface area (TPSA) is 9.23 Å². The zero-order valence-electron chi connectivity index (χ0n) is 12.1. The SMILES string of the molecule is CCC[Si](S)(OC(C)C)[SiH2]C(C)(C)C(C)C. The maximum absolute atomic E-state index is 6.23. The molecule has 0 N–H and O–H groups in total. The smallest absolute Gasteiger partial charge is 0.229 e. The van der Waals surface area contributed by atoms with Crippen LogP contribution in [0.25, 0.3) is 0 Å². The number of rotatable bonds is 7. The molecule has 0 bridgehead atoms. The quantitative estimate of drug-likeness (QED) is 0.552. The highest BCUT2D eigenvalue weighted by Gasteiger charge is 2.39. The van der Waals surface area contributed by atoms with Crippen molar-refractivity contribution in [3.8, 4) is 0 Å². The monoisotopic (exact) mass is 278 g/mol. The Labute approximate surface area is 111 Å². The first-order valence-corrected chi connectivity index (χ1v) is 13.0. The Kier molecular flexibility index (Phi) is 6.92. The lowest BCUT2D eigenvalue weighted by Gasteiger charge is -2.38. The van der Waals surface area contributed by atoms with E-state index in [0.717, 1.165) is 5.92 Å². The number of hydrogen-bond acceptors (Lipinski definition) is 2. The summed E-state index contributed by atoms with van der Waals surface area (Å²) in [5.74, 6) is 0.741. The van der Waals surface area contributed by atoms with E-state index in [0.29, 0.717) is 11.1 Å². The Balaban J connectivity index is 4.66. The van der Waals surface area contributed by atoms with E-state index in [1.807, 2.05) is 0 Å². The van der Waals surface area contributed by atoms with Crippen LogP contribution in [0.15, 0.2) is 0 Å². The highest BCUT2D eigenvalue weighted by molar-refractivity contribution is 8.19. The normalized spacial score (nSPS) is 17.6. The summed E-state index contributed by atoms with van der Waals surface area (Å²) in [6, 6.07) is 1.22. The predicted molar refractivity (Wildman–Crippen MR) is 83.5 cm³/mol. The van der Waals surface area contributed by atoms with Crippen LogP contribution < -0.4 is 0 Å². The van der Waals surface area contributed by atoms with Crippen LogP contribution in [0.4, 0.5) is 0 Å². The van der Waals surface area contributed by atoms with Crippen molar-refractivity contribution in [1.82, 2.24) is 0 Å². The molecule has 1 unspecified atom stereocenters. The summed E-state index contributed by atoms with van der Waals surface area (Å²) >= 11 is 5.00. The van der Waals surface area contributed by atoms with Gasteiger partial charge in [0, 0.05) is 6.10 Å². The minimum absolute atomic E-state index is 0.264. The molecule has 0 rings (SSSR count). The molecule has 98 valence electrons. The zero-order chi connectivity index (χ0) is 13.0. The molecular formula is C12H30OSSi2. The molecule has 1 atom stereocenters. The van der Waals surface area contributed by atoms with Crippen molar-refractivity contribution in [2.75, 3.05) is 0 Å². The van der Waals surface area contributed by atoms with Crippen molar-refractivity contribution in [2.24, 2.45) is 5.92 Å². The van der Waals surface area contributed by atoms with Gasteiger partial charge in [0.05, 0.1) is 9.04 Å². The molecule has 0 heterocycles. The zero-order valence-corrected chi connectivity index (χ0v) is 15.4. The van der Waals surface area contributed by atoms with Gasteiger partial charge in [-0.05, 0) is 30.8 Å². The fourth-order valence-corrected chi connectivity index (χ4v) is 19.1. The van der Waals surface area contributed by atoms with Gasteiger partial charge in [0.1, 0.15) is 0 Å². The first-order chi connectivity index (χ1) is 7.13. The van der Waals surface area contributed by atoms with Crippen LogP contribution >= 0.6 is 12.1 Å². The van der Waals surface area contributed by atoms with Crippen molar-refractivity contribution in [3.05, 3.63) is 0 Å². The first-order valence-electron chi connectivity index (χ1n) is 6.53. The van der Waals surface area contributed by atoms with E-state index >= 15 is 0 Å². The Morgan fingerprint density at radius 3 is 2.06 bits per heavy atom. The maximum atomic E-state index is 6.23. The Morgan fingerprint density at radius 1 is 1.25 bits per heavy atom. The van der Waals surface area contributed by atoms with Crippen molar-refractivity contribution in [2.45, 2.75) is 72.1 Å². The summed E-state index contributed by atoms with van der Waals surface area (Å²) in [5.41, 5.74) is 0. The van der Waals surface area contributed by atoms with E-state index in [9.17, 15) is 0 Å². The van der Waals surface area contributed by atoms with Gasteiger partial charge in [0.25, 0.3) is 0 Å². The molecule has 4 heteroatoms. The van der Waals surface area contributed by atoms with Gasteiger partial charge in [0.15, 0.2) is 0 Å². The molecule has 0 saturated heterocycles. The van der Waals surface area contributed by atoms with Gasteiger partial charge in [-0.25, -0.2) is 0 Å². The molecule has 0 aromatic rings. The predicted octanol–water partition coefficient (Wildman–Crippen LogP) is 3.71. The van der Waals surface area contributed by atoms with Crippen LogP contribution in [0.5, 0.6) is 0 Å². The van der Waals surface area contributed by atoms with Crippen LogP contribution in [0.3, 0.4) is 0 Å². The number of thiol groups is 1. The lowest BCUT2D eigenvalue weighted by atomic mass is 9.99. The second kappa shape index (κ2) is 6.62. The molecule has 16 heavy (non-hydrogen) atoms. The largest absolute Gasteiger partial charge is 0.408 e. The minimum atomic E-state index is -1.68. The average molecular weight is 279 g/mol. The molecular weight excluding hydrogens is 248 g/mol. The maximum Gasteiger partial charge on any atom is 0.229 e. The third-order valence-electron chi connectivity index (χ3n) is 3.39. The summed E-state index contributed by atoms with van der Waals surface area (Å²) in [7, 11) is -0.264. The van der Waals surface area contributed by atoms with Crippen LogP contribution in [0.2, 0.25) is 11.1 Å². The third-order valence-corrected chi connectivity index (χ3v) is 16.2. The molecule has 0 aliphatic carbocycles. The fraction of sp³-hybridized carbons (Fsp3) is 1.00. The van der Waals surface area contributed by atoms with E-state index in [4.69, 9.17) is 16.5 Å². The minimum Gasteiger partial charge on any atom is -0.408 e. The number of hydrogen-bond donors (Lipinski definition) is 1. The van der Waals surface area contributed by atoms with E-state index in [2.05, 4.69) is 48.5 Å². The van der Waals surface area contributed by atoms with Crippen LogP contribution in [0, 0.1) is 5.92 Å². The molecule has 0 aromatic carbocycles. The third kappa shape index (κ3) is 5.89. The van der Waals surface area contributed by atoms with Gasteiger partial charge in [-0.2, -0.15) is 12.1 Å². The van der Waals surface area contributed by atoms with Gasteiger partial charge in [-0.15, -0.1) is 0 Å². The van der Waals surface area contributed by atoms with Crippen molar-refractivity contribution in [3.63, 3.8) is 0 Å². The van der Waals surface area contributed by atoms with Crippen molar-refractivity contribution < 1.29 is 4.43 Å². The molecule has 0 amide bonds. The second-order valence-corrected chi connectivity index (χ2v) is 19.7. The highest BCUT2D eigenvalue weighted by Crippen LogP contribution is 2.38. The van der Waals surface area contributed by atoms with Crippen molar-refractivity contribution >= 4 is 28.1 Å². The van der Waals surface area contributed by atoms with Crippen LogP contribution in [-0.4, -0.2) is 22.1 Å². The lowest BCUT2D eigenvalue weighted by Crippen LogP contribution is -2.47. The van der Waals surface area contributed by atoms with E-state index in [-0.39, 0.29) is 9.04 Å². The summed E-state index contributed by atoms with van der Waals surface area (Å²) in [6.45, 7) is 14.3. The molecule has 0 spiro atoms. The molecule has 0 fully saturated rings. The molecule has 0 aromatic heterocycles. The van der Waals surface area contributed by atoms with Gasteiger partial charge >= 0.3 is 0 Å². The Bertz CT molecular complexity index is 207. The first kappa shape index (κ1) is 16.7. The molecule has 1 nitrogen and oxygen atoms in total. The molecule has 0 saturated carbocycles. The van der Waals surface area contributed by atoms with Crippen LogP contribution in [-0.2, 0) is 4.43 Å². The van der Waals surface area contributed by atoms with Gasteiger partial charge in [0.2, 0.25) is 6.98 Å². The van der Waals surface area contributed by atoms with Gasteiger partial charge < -0.3 is 4.43 Å². The summed E-state index contributed by atoms with van der Waals surface area (Å²) in [6.07, 6.45) is 1.55. The van der Waals surface area contributed by atoms with Crippen LogP contribution in [0.1, 0.15) is 54.9 Å². The molecule has 0 radical (unpaired) electrons. The van der Waals surface area contributed by atoms with Gasteiger partial charge in [-0.3, -0.25) is 0 Å².